The van der Waals surface area contributed by atoms with E-state index < -0.39 is 0 Å². The number of rotatable bonds is 16. The molecule has 2 aliphatic rings. The quantitative estimate of drug-likeness (QED) is 0.0714. The number of nitrogens with one attached hydrogen (secondary N) is 4. The summed E-state index contributed by atoms with van der Waals surface area (Å²) < 4.78 is 0. The molecular weight excluding hydrogens is 993 g/mol. The van der Waals surface area contributed by atoms with E-state index in [0.29, 0.717) is 43.3 Å². The number of amides is 4. The molecule has 4 atom stereocenters. The van der Waals surface area contributed by atoms with Crippen molar-refractivity contribution in [1.29, 1.82) is 0 Å². The third-order valence-electron chi connectivity index (χ3n) is 11.8. The van der Waals surface area contributed by atoms with Crippen LogP contribution in [-0.2, 0) is 44.9 Å². The van der Waals surface area contributed by atoms with Crippen LogP contribution in [0, 0.1) is 0 Å². The van der Waals surface area contributed by atoms with Crippen LogP contribution in [0.1, 0.15) is 118 Å². The zero-order valence-corrected chi connectivity index (χ0v) is 41.9. The van der Waals surface area contributed by atoms with Gasteiger partial charge in [-0.05, 0) is 87.1 Å². The van der Waals surface area contributed by atoms with E-state index in [-0.39, 0.29) is 73.0 Å². The van der Waals surface area contributed by atoms with E-state index in [2.05, 4.69) is 82.0 Å². The normalized spacial score (nSPS) is 17.4. The minimum Gasteiger partial charge on any atom is -0.300 e. The molecule has 0 aromatic carbocycles. The number of hydrogen-bond acceptors (Lipinski definition) is 20. The Morgan fingerprint density at radius 2 is 0.625 bits per heavy atom. The summed E-state index contributed by atoms with van der Waals surface area (Å²) in [6.45, 7) is 0. The third kappa shape index (κ3) is 14.4. The van der Waals surface area contributed by atoms with Crippen molar-refractivity contribution < 1.29 is 19.2 Å². The third-order valence-corrected chi connectivity index (χ3v) is 15.8. The fourth-order valence-corrected chi connectivity index (χ4v) is 12.0. The molecule has 2 aliphatic carbocycles. The maximum Gasteiger partial charge on any atom is 0.232 e. The summed E-state index contributed by atoms with van der Waals surface area (Å²) in [6.07, 6.45) is 15.3. The molecule has 4 N–H and O–H groups in total. The van der Waals surface area contributed by atoms with Gasteiger partial charge < -0.3 is 21.3 Å². The molecule has 8 aromatic rings. The van der Waals surface area contributed by atoms with E-state index in [0.717, 1.165) is 71.4 Å². The fourth-order valence-electron chi connectivity index (χ4n) is 8.40. The zero-order chi connectivity index (χ0) is 49.5. The molecule has 8 aromatic heterocycles. The Balaban J connectivity index is 0.000000178. The summed E-state index contributed by atoms with van der Waals surface area (Å²) in [6, 6.07) is 22.0. The first-order valence-corrected chi connectivity index (χ1v) is 26.6. The number of nitrogens with zero attached hydrogens (tertiary/aromatic N) is 12. The molecule has 0 radical (unpaired) electrons. The van der Waals surface area contributed by atoms with E-state index in [1.54, 1.807) is 24.8 Å². The molecule has 0 bridgehead atoms. The van der Waals surface area contributed by atoms with Crippen LogP contribution in [0.25, 0.3) is 0 Å². The van der Waals surface area contributed by atoms with E-state index in [1.165, 1.54) is 45.3 Å². The highest BCUT2D eigenvalue weighted by molar-refractivity contribution is 7.16. The van der Waals surface area contributed by atoms with Crippen molar-refractivity contribution in [1.82, 2.24) is 60.7 Å². The summed E-state index contributed by atoms with van der Waals surface area (Å²) in [5.74, 6) is 0.327. The lowest BCUT2D eigenvalue weighted by Gasteiger charge is -2.25. The van der Waals surface area contributed by atoms with Crippen molar-refractivity contribution >= 4 is 89.5 Å². The second-order valence-corrected chi connectivity index (χ2v) is 21.1. The van der Waals surface area contributed by atoms with Crippen LogP contribution >= 0.6 is 45.3 Å². The molecule has 10 rings (SSSR count). The molecule has 24 heteroatoms. The number of carbonyl (C=O) groups is 4. The van der Waals surface area contributed by atoms with Gasteiger partial charge in [-0.2, -0.15) is 0 Å². The molecule has 20 nitrogen and oxygen atoms in total. The standard InChI is InChI=1S/2C24H24N8O2S2/c2*33-19(13-17-8-1-3-10-25-17)27-23-31-29-21(35-23)15-6-5-7-16(12-15)22-30-32-24(36-22)28-20(34)14-18-9-2-4-11-26-18/h2*1-4,8-11,15-16H,5-7,12-14H2,(H,27,31,33)(H,28,32,34)/t2*15-,16-/m10/s1. The number of aromatic nitrogens is 12. The van der Waals surface area contributed by atoms with Crippen molar-refractivity contribution in [2.45, 2.75) is 101 Å². The van der Waals surface area contributed by atoms with Crippen molar-refractivity contribution in [2.75, 3.05) is 21.3 Å². The molecule has 4 amide bonds. The van der Waals surface area contributed by atoms with Crippen LogP contribution in [0.3, 0.4) is 0 Å². The van der Waals surface area contributed by atoms with Gasteiger partial charge in [-0.25, -0.2) is 0 Å². The lowest BCUT2D eigenvalue weighted by Crippen LogP contribution is -2.14. The number of carbonyl (C=O) groups excluding carboxylic acids is 4. The van der Waals surface area contributed by atoms with Crippen molar-refractivity contribution in [3.63, 3.8) is 0 Å². The summed E-state index contributed by atoms with van der Waals surface area (Å²) >= 11 is 5.68. The highest BCUT2D eigenvalue weighted by Crippen LogP contribution is 2.45. The molecule has 2 fully saturated rings. The Labute approximate surface area is 429 Å². The van der Waals surface area contributed by atoms with Gasteiger partial charge in [-0.1, -0.05) is 82.5 Å². The van der Waals surface area contributed by atoms with Gasteiger partial charge in [0.25, 0.3) is 0 Å². The van der Waals surface area contributed by atoms with Crippen LogP contribution in [0.15, 0.2) is 97.6 Å². The van der Waals surface area contributed by atoms with E-state index in [9.17, 15) is 19.2 Å². The number of anilines is 4. The molecule has 0 saturated heterocycles. The summed E-state index contributed by atoms with van der Waals surface area (Å²) in [4.78, 5) is 66.0. The Bertz CT molecular complexity index is 2630. The van der Waals surface area contributed by atoms with Gasteiger partial charge in [0.05, 0.1) is 25.7 Å². The summed E-state index contributed by atoms with van der Waals surface area (Å²) in [5, 5.41) is 51.1. The highest BCUT2D eigenvalue weighted by Gasteiger charge is 2.31. The molecular formula is C48H48N16O4S4. The van der Waals surface area contributed by atoms with Gasteiger partial charge in [-0.15, -0.1) is 40.8 Å². The first kappa shape index (κ1) is 49.7. The lowest BCUT2D eigenvalue weighted by molar-refractivity contribution is -0.116. The molecule has 72 heavy (non-hydrogen) atoms. The molecule has 0 unspecified atom stereocenters. The van der Waals surface area contributed by atoms with E-state index in [1.807, 2.05) is 72.8 Å². The van der Waals surface area contributed by atoms with Gasteiger partial charge in [0.1, 0.15) is 20.0 Å². The molecule has 0 spiro atoms. The smallest absolute Gasteiger partial charge is 0.232 e. The van der Waals surface area contributed by atoms with Crippen molar-refractivity contribution in [2.24, 2.45) is 0 Å². The lowest BCUT2D eigenvalue weighted by atomic mass is 9.82. The summed E-state index contributed by atoms with van der Waals surface area (Å²) in [7, 11) is 0. The van der Waals surface area contributed by atoms with Crippen LogP contribution in [0.5, 0.6) is 0 Å². The maximum absolute atomic E-state index is 12.3. The van der Waals surface area contributed by atoms with E-state index in [4.69, 9.17) is 0 Å². The molecule has 0 aliphatic heterocycles. The Morgan fingerprint density at radius 3 is 0.847 bits per heavy atom. The van der Waals surface area contributed by atoms with Gasteiger partial charge in [0.15, 0.2) is 0 Å². The molecule has 368 valence electrons. The predicted octanol–water partition coefficient (Wildman–Crippen LogP) is 7.97. The fraction of sp³-hybridized carbons (Fsp3) is 0.333. The van der Waals surface area contributed by atoms with Gasteiger partial charge >= 0.3 is 0 Å². The monoisotopic (exact) mass is 1040 g/mol. The Kier molecular flexibility index (Phi) is 17.1. The SMILES string of the molecule is O=C(Cc1ccccn1)Nc1nnc([C@@H]2CCC[C@@H](c3nnc(NC(=O)Cc4ccccn4)s3)C2)s1.O=C(Cc1ccccn1)Nc1nnc([C@H]2CCC[C@H](c3nnc(NC(=O)Cc4ccccn4)s3)C2)s1. The zero-order valence-electron chi connectivity index (χ0n) is 38.7. The van der Waals surface area contributed by atoms with Crippen LogP contribution in [-0.4, -0.2) is 84.4 Å². The van der Waals surface area contributed by atoms with Crippen LogP contribution in [0.4, 0.5) is 20.5 Å². The minimum absolute atomic E-state index is 0.163. The van der Waals surface area contributed by atoms with Crippen molar-refractivity contribution in [3.05, 3.63) is 140 Å². The van der Waals surface area contributed by atoms with E-state index >= 15 is 0 Å². The van der Waals surface area contributed by atoms with Gasteiger partial charge in [0.2, 0.25) is 44.2 Å². The van der Waals surface area contributed by atoms with Crippen molar-refractivity contribution in [3.8, 4) is 0 Å². The maximum atomic E-state index is 12.3. The molecule has 8 heterocycles. The first-order valence-electron chi connectivity index (χ1n) is 23.4. The van der Waals surface area contributed by atoms with Crippen LogP contribution < -0.4 is 21.3 Å². The largest absolute Gasteiger partial charge is 0.300 e. The second kappa shape index (κ2) is 24.7. The second-order valence-electron chi connectivity index (χ2n) is 17.1. The number of hydrogen-bond donors (Lipinski definition) is 4. The highest BCUT2D eigenvalue weighted by atomic mass is 32.1. The Morgan fingerprint density at radius 1 is 0.375 bits per heavy atom. The summed E-state index contributed by atoms with van der Waals surface area (Å²) in [5.41, 5.74) is 2.83. The predicted molar refractivity (Wildman–Crippen MR) is 274 cm³/mol. The van der Waals surface area contributed by atoms with Gasteiger partial charge in [0, 0.05) is 71.2 Å². The Hall–Kier alpha value is -7.28. The topological polar surface area (TPSA) is 271 Å². The van der Waals surface area contributed by atoms with Gasteiger partial charge in [-0.3, -0.25) is 39.1 Å². The number of pyridine rings is 4. The molecule has 2 saturated carbocycles. The minimum atomic E-state index is -0.163. The van der Waals surface area contributed by atoms with Crippen LogP contribution in [0.2, 0.25) is 0 Å². The first-order chi connectivity index (χ1) is 35.2. The average molecular weight is 1040 g/mol. The average Bonchev–Trinajstić information content (AvgIpc) is 4.25.